The van der Waals surface area contributed by atoms with Crippen molar-refractivity contribution >= 4 is 38.0 Å². The first-order chi connectivity index (χ1) is 12.0. The highest BCUT2D eigenvalue weighted by molar-refractivity contribution is 9.11. The number of carbonyl (C=O) groups excluding carboxylic acids is 1. The number of hydrogen-bond acceptors (Lipinski definition) is 3. The summed E-state index contributed by atoms with van der Waals surface area (Å²) in [6, 6.07) is 4.37. The summed E-state index contributed by atoms with van der Waals surface area (Å²) < 4.78 is 33.7. The topological polar surface area (TPSA) is 51.2 Å². The maximum Gasteiger partial charge on any atom is 0.408 e. The van der Waals surface area contributed by atoms with Crippen molar-refractivity contribution in [1.82, 2.24) is 10.3 Å². The molecule has 1 aromatic carbocycles. The van der Waals surface area contributed by atoms with E-state index in [0.29, 0.717) is 15.7 Å². The fourth-order valence-electron chi connectivity index (χ4n) is 2.31. The van der Waals surface area contributed by atoms with Crippen LogP contribution in [0, 0.1) is 11.6 Å². The highest BCUT2D eigenvalue weighted by Gasteiger charge is 2.23. The van der Waals surface area contributed by atoms with Gasteiger partial charge in [0.15, 0.2) is 0 Å². The van der Waals surface area contributed by atoms with Crippen LogP contribution < -0.4 is 5.32 Å². The Balaban J connectivity index is 2.33. The minimum absolute atomic E-state index is 0.140. The second-order valence-corrected chi connectivity index (χ2v) is 8.47. The van der Waals surface area contributed by atoms with Gasteiger partial charge in [0.25, 0.3) is 0 Å². The quantitative estimate of drug-likeness (QED) is 0.597. The van der Waals surface area contributed by atoms with E-state index in [-0.39, 0.29) is 6.42 Å². The minimum atomic E-state index is -0.682. The van der Waals surface area contributed by atoms with Crippen LogP contribution in [0.2, 0.25) is 0 Å². The molecule has 0 bridgehead atoms. The van der Waals surface area contributed by atoms with Gasteiger partial charge in [-0.2, -0.15) is 0 Å². The van der Waals surface area contributed by atoms with Crippen molar-refractivity contribution in [2.75, 3.05) is 0 Å². The van der Waals surface area contributed by atoms with E-state index >= 15 is 0 Å². The van der Waals surface area contributed by atoms with Crippen molar-refractivity contribution in [1.29, 1.82) is 0 Å². The van der Waals surface area contributed by atoms with E-state index in [0.717, 1.165) is 10.5 Å². The molecule has 0 spiro atoms. The van der Waals surface area contributed by atoms with Gasteiger partial charge in [-0.3, -0.25) is 4.98 Å². The molecule has 2 rings (SSSR count). The molecule has 2 aromatic rings. The number of pyridine rings is 1. The van der Waals surface area contributed by atoms with Crippen LogP contribution in [-0.4, -0.2) is 16.7 Å². The molecule has 26 heavy (non-hydrogen) atoms. The van der Waals surface area contributed by atoms with Crippen molar-refractivity contribution in [3.63, 3.8) is 0 Å². The average molecular weight is 492 g/mol. The van der Waals surface area contributed by atoms with Gasteiger partial charge in [0.1, 0.15) is 17.2 Å². The molecule has 0 aliphatic carbocycles. The zero-order chi connectivity index (χ0) is 19.5. The summed E-state index contributed by atoms with van der Waals surface area (Å²) in [6.45, 7) is 5.24. The lowest BCUT2D eigenvalue weighted by Crippen LogP contribution is -2.36. The number of hydrogen-bond donors (Lipinski definition) is 1. The summed E-state index contributed by atoms with van der Waals surface area (Å²) in [5.41, 5.74) is 0.230. The second kappa shape index (κ2) is 8.43. The Kier molecular flexibility index (Phi) is 6.74. The number of nitrogens with one attached hydrogen (secondary N) is 1. The van der Waals surface area contributed by atoms with E-state index in [4.69, 9.17) is 4.74 Å². The van der Waals surface area contributed by atoms with Crippen LogP contribution in [0.5, 0.6) is 0 Å². The van der Waals surface area contributed by atoms with E-state index in [1.54, 1.807) is 33.0 Å². The monoisotopic (exact) mass is 490 g/mol. The summed E-state index contributed by atoms with van der Waals surface area (Å²) in [4.78, 5) is 16.5. The Morgan fingerprint density at radius 2 is 1.81 bits per heavy atom. The molecule has 0 saturated heterocycles. The van der Waals surface area contributed by atoms with Gasteiger partial charge in [0, 0.05) is 21.2 Å². The molecule has 0 radical (unpaired) electrons. The number of nitrogens with zero attached hydrogens (tertiary/aromatic N) is 1. The zero-order valence-corrected chi connectivity index (χ0v) is 17.6. The van der Waals surface area contributed by atoms with Crippen molar-refractivity contribution < 1.29 is 18.3 Å². The molecular weight excluding hydrogens is 474 g/mol. The molecule has 1 N–H and O–H groups in total. The SMILES string of the molecule is CC(C)(C)OC(=O)NC(Cc1cc(F)cc(F)c1)c1ncc(Br)cc1Br. The molecule has 0 aliphatic heterocycles. The molecule has 1 aromatic heterocycles. The van der Waals surface area contributed by atoms with Crippen molar-refractivity contribution in [2.24, 2.45) is 0 Å². The Morgan fingerprint density at radius 1 is 1.19 bits per heavy atom. The molecule has 0 aliphatic rings. The van der Waals surface area contributed by atoms with Gasteiger partial charge in [0.05, 0.1) is 11.7 Å². The predicted molar refractivity (Wildman–Crippen MR) is 102 cm³/mol. The van der Waals surface area contributed by atoms with Crippen LogP contribution in [0.15, 0.2) is 39.4 Å². The zero-order valence-electron chi connectivity index (χ0n) is 14.4. The smallest absolute Gasteiger partial charge is 0.408 e. The lowest BCUT2D eigenvalue weighted by molar-refractivity contribution is 0.0502. The maximum atomic E-state index is 13.5. The minimum Gasteiger partial charge on any atom is -0.444 e. The molecule has 1 heterocycles. The van der Waals surface area contributed by atoms with Crippen LogP contribution >= 0.6 is 31.9 Å². The number of aromatic nitrogens is 1. The van der Waals surface area contributed by atoms with Crippen LogP contribution in [-0.2, 0) is 11.2 Å². The molecule has 0 fully saturated rings. The first-order valence-electron chi connectivity index (χ1n) is 7.79. The lowest BCUT2D eigenvalue weighted by atomic mass is 10.0. The van der Waals surface area contributed by atoms with E-state index < -0.39 is 29.4 Å². The van der Waals surface area contributed by atoms with Crippen LogP contribution in [0.4, 0.5) is 13.6 Å². The molecule has 1 unspecified atom stereocenters. The Labute approximate surface area is 167 Å². The summed E-state index contributed by atoms with van der Waals surface area (Å²) >= 11 is 6.73. The van der Waals surface area contributed by atoms with Gasteiger partial charge < -0.3 is 10.1 Å². The summed E-state index contributed by atoms with van der Waals surface area (Å²) in [5, 5.41) is 2.72. The molecule has 1 amide bonds. The van der Waals surface area contributed by atoms with Crippen molar-refractivity contribution in [3.05, 3.63) is 62.3 Å². The second-order valence-electron chi connectivity index (χ2n) is 6.70. The van der Waals surface area contributed by atoms with E-state index in [2.05, 4.69) is 42.2 Å². The van der Waals surface area contributed by atoms with Crippen molar-refractivity contribution in [2.45, 2.75) is 38.8 Å². The number of rotatable bonds is 4. The average Bonchev–Trinajstić information content (AvgIpc) is 2.43. The molecule has 4 nitrogen and oxygen atoms in total. The molecule has 140 valence electrons. The van der Waals surface area contributed by atoms with E-state index in [1.807, 2.05) is 0 Å². The number of ether oxygens (including phenoxy) is 1. The molecule has 0 saturated carbocycles. The van der Waals surface area contributed by atoms with Gasteiger partial charge in [-0.05, 0) is 82.8 Å². The Bertz CT molecular complexity index is 790. The first kappa shape index (κ1) is 20.8. The van der Waals surface area contributed by atoms with E-state index in [1.165, 1.54) is 12.1 Å². The van der Waals surface area contributed by atoms with E-state index in [9.17, 15) is 13.6 Å². The summed E-state index contributed by atoms with van der Waals surface area (Å²) in [5.74, 6) is -1.36. The van der Waals surface area contributed by atoms with Gasteiger partial charge in [0.2, 0.25) is 0 Å². The largest absolute Gasteiger partial charge is 0.444 e. The van der Waals surface area contributed by atoms with Crippen LogP contribution in [0.25, 0.3) is 0 Å². The number of carbonyl (C=O) groups is 1. The van der Waals surface area contributed by atoms with Crippen molar-refractivity contribution in [3.8, 4) is 0 Å². The summed E-state index contributed by atoms with van der Waals surface area (Å²) in [7, 11) is 0. The van der Waals surface area contributed by atoms with Gasteiger partial charge in [-0.1, -0.05) is 0 Å². The highest BCUT2D eigenvalue weighted by Crippen LogP contribution is 2.27. The molecule has 1 atom stereocenters. The first-order valence-corrected chi connectivity index (χ1v) is 9.37. The number of alkyl carbamates (subject to hydrolysis) is 1. The Morgan fingerprint density at radius 3 is 2.35 bits per heavy atom. The highest BCUT2D eigenvalue weighted by atomic mass is 79.9. The lowest BCUT2D eigenvalue weighted by Gasteiger charge is -2.24. The predicted octanol–water partition coefficient (Wildman–Crippen LogP) is 5.69. The maximum absolute atomic E-state index is 13.5. The van der Waals surface area contributed by atoms with Crippen LogP contribution in [0.3, 0.4) is 0 Å². The summed E-state index contributed by atoms with van der Waals surface area (Å²) in [6.07, 6.45) is 1.08. The number of amides is 1. The number of benzene rings is 1. The molecule has 8 heteroatoms. The standard InChI is InChI=1S/C18H18Br2F2N2O2/c1-18(2,3)26-17(25)24-15(16-14(20)7-11(19)9-23-16)6-10-4-12(21)8-13(22)5-10/h4-5,7-9,15H,6H2,1-3H3,(H,24,25). The number of halogens is 4. The fraction of sp³-hybridized carbons (Fsp3) is 0.333. The van der Waals surface area contributed by atoms with Gasteiger partial charge >= 0.3 is 6.09 Å². The van der Waals surface area contributed by atoms with Gasteiger partial charge in [-0.25, -0.2) is 13.6 Å². The third kappa shape index (κ3) is 6.32. The normalized spacial score (nSPS) is 12.6. The third-order valence-electron chi connectivity index (χ3n) is 3.22. The van der Waals surface area contributed by atoms with Crippen LogP contribution in [0.1, 0.15) is 38.1 Å². The Hall–Kier alpha value is -1.54. The third-order valence-corrected chi connectivity index (χ3v) is 4.29. The van der Waals surface area contributed by atoms with Gasteiger partial charge in [-0.15, -0.1) is 0 Å². The molecular formula is C18H18Br2F2N2O2. The fourth-order valence-corrected chi connectivity index (χ4v) is 3.58.